The van der Waals surface area contributed by atoms with E-state index in [9.17, 15) is 18.4 Å². The summed E-state index contributed by atoms with van der Waals surface area (Å²) in [6.45, 7) is 1.71. The Kier molecular flexibility index (Phi) is 7.23. The van der Waals surface area contributed by atoms with Crippen LogP contribution in [0.4, 0.5) is 8.78 Å². The molecule has 0 radical (unpaired) electrons. The van der Waals surface area contributed by atoms with Crippen molar-refractivity contribution in [1.29, 1.82) is 0 Å². The van der Waals surface area contributed by atoms with Gasteiger partial charge in [-0.15, -0.1) is 11.3 Å². The first-order chi connectivity index (χ1) is 16.8. The molecule has 0 amide bonds. The first-order valence-corrected chi connectivity index (χ1v) is 11.6. The van der Waals surface area contributed by atoms with Crippen molar-refractivity contribution in [3.63, 3.8) is 0 Å². The highest BCUT2D eigenvalue weighted by Crippen LogP contribution is 2.40. The van der Waals surface area contributed by atoms with Crippen LogP contribution >= 0.6 is 22.9 Å². The van der Waals surface area contributed by atoms with Gasteiger partial charge in [0, 0.05) is 17.1 Å². The monoisotopic (exact) mass is 517 g/mol. The molecule has 0 saturated heterocycles. The van der Waals surface area contributed by atoms with Gasteiger partial charge >= 0.3 is 11.9 Å². The zero-order valence-corrected chi connectivity index (χ0v) is 20.0. The maximum absolute atomic E-state index is 14.4. The smallest absolute Gasteiger partial charge is 0.338 e. The molecule has 180 valence electrons. The molecule has 2 aromatic carbocycles. The Labute approximate surface area is 208 Å². The van der Waals surface area contributed by atoms with Crippen LogP contribution < -0.4 is 5.32 Å². The summed E-state index contributed by atoms with van der Waals surface area (Å²) in [6, 6.07) is 7.36. The fourth-order valence-corrected chi connectivity index (χ4v) is 4.36. The van der Waals surface area contributed by atoms with Crippen molar-refractivity contribution < 1.29 is 27.8 Å². The van der Waals surface area contributed by atoms with Crippen LogP contribution in [-0.4, -0.2) is 36.5 Å². The molecule has 0 saturated carbocycles. The van der Waals surface area contributed by atoms with E-state index in [1.54, 1.807) is 30.6 Å². The van der Waals surface area contributed by atoms with Gasteiger partial charge in [-0.05, 0) is 30.7 Å². The minimum absolute atomic E-state index is 0.0332. The summed E-state index contributed by atoms with van der Waals surface area (Å²) < 4.78 is 38.2. The third-order valence-electron chi connectivity index (χ3n) is 5.13. The SMILES string of the molecule is CCOC(=O)C1=C(c2ccc(C(=O)OC)cc2)NC(c2nccs2)=NC1c1ccc(F)c(F)c1Cl. The van der Waals surface area contributed by atoms with Gasteiger partial charge in [-0.25, -0.2) is 23.4 Å². The predicted molar refractivity (Wildman–Crippen MR) is 127 cm³/mol. The number of aromatic nitrogens is 1. The Balaban J connectivity index is 1.95. The summed E-state index contributed by atoms with van der Waals surface area (Å²) in [7, 11) is 1.27. The average molecular weight is 518 g/mol. The lowest BCUT2D eigenvalue weighted by molar-refractivity contribution is -0.138. The minimum atomic E-state index is -1.25. The molecule has 35 heavy (non-hydrogen) atoms. The van der Waals surface area contributed by atoms with Gasteiger partial charge in [0.2, 0.25) is 0 Å². The third-order valence-corrected chi connectivity index (χ3v) is 6.29. The van der Waals surface area contributed by atoms with Crippen LogP contribution in [-0.2, 0) is 14.3 Å². The number of amidine groups is 1. The van der Waals surface area contributed by atoms with Gasteiger partial charge in [0.1, 0.15) is 6.04 Å². The standard InChI is InChI=1S/C24H18ClF2N3O4S/c1-3-34-24(32)16-19(12-4-6-13(7-5-12)23(31)33-2)29-21(22-28-10-11-35-22)30-20(16)14-8-9-15(26)18(27)17(14)25/h4-11,20H,3H2,1-2H3,(H,29,30). The molecule has 1 unspecified atom stereocenters. The van der Waals surface area contributed by atoms with E-state index in [-0.39, 0.29) is 17.7 Å². The van der Waals surface area contributed by atoms with E-state index in [1.165, 1.54) is 36.6 Å². The van der Waals surface area contributed by atoms with Gasteiger partial charge in [0.15, 0.2) is 22.5 Å². The number of methoxy groups -OCH3 is 1. The topological polar surface area (TPSA) is 89.9 Å². The first kappa shape index (κ1) is 24.5. The Bertz CT molecular complexity index is 1340. The number of thiazole rings is 1. The van der Waals surface area contributed by atoms with E-state index in [2.05, 4.69) is 15.3 Å². The molecule has 0 fully saturated rings. The van der Waals surface area contributed by atoms with E-state index >= 15 is 0 Å². The van der Waals surface area contributed by atoms with Crippen molar-refractivity contribution >= 4 is 46.4 Å². The van der Waals surface area contributed by atoms with Crippen LogP contribution in [0.1, 0.15) is 39.5 Å². The number of rotatable bonds is 6. The number of benzene rings is 2. The maximum atomic E-state index is 14.4. The molecule has 7 nitrogen and oxygen atoms in total. The fourth-order valence-electron chi connectivity index (χ4n) is 3.52. The lowest BCUT2D eigenvalue weighted by Crippen LogP contribution is -2.33. The van der Waals surface area contributed by atoms with E-state index in [4.69, 9.17) is 21.1 Å². The van der Waals surface area contributed by atoms with E-state index in [0.29, 0.717) is 27.7 Å². The van der Waals surface area contributed by atoms with Crippen LogP contribution in [0, 0.1) is 11.6 Å². The molecule has 2 heterocycles. The molecule has 1 aliphatic rings. The zero-order valence-electron chi connectivity index (χ0n) is 18.5. The molecule has 4 rings (SSSR count). The maximum Gasteiger partial charge on any atom is 0.338 e. The van der Waals surface area contributed by atoms with Crippen molar-refractivity contribution in [2.45, 2.75) is 13.0 Å². The van der Waals surface area contributed by atoms with Crippen molar-refractivity contribution in [2.24, 2.45) is 4.99 Å². The number of carbonyl (C=O) groups is 2. The molecule has 1 aromatic heterocycles. The van der Waals surface area contributed by atoms with Crippen LogP contribution in [0.2, 0.25) is 5.02 Å². The summed E-state index contributed by atoms with van der Waals surface area (Å²) in [5.41, 5.74) is 1.22. The third kappa shape index (κ3) is 4.80. The molecule has 11 heteroatoms. The molecular formula is C24H18ClF2N3O4S. The molecule has 0 aliphatic carbocycles. The molecule has 0 bridgehead atoms. The molecule has 1 aliphatic heterocycles. The normalized spacial score (nSPS) is 15.3. The Morgan fingerprint density at radius 3 is 2.51 bits per heavy atom. The average Bonchev–Trinajstić information content (AvgIpc) is 3.41. The summed E-state index contributed by atoms with van der Waals surface area (Å²) in [6.07, 6.45) is 1.58. The number of nitrogens with one attached hydrogen (secondary N) is 1. The summed E-state index contributed by atoms with van der Waals surface area (Å²) in [5.74, 6) is -3.33. The highest BCUT2D eigenvalue weighted by molar-refractivity contribution is 7.11. The minimum Gasteiger partial charge on any atom is -0.465 e. The number of nitrogens with zero attached hydrogens (tertiary/aromatic N) is 2. The van der Waals surface area contributed by atoms with E-state index in [0.717, 1.165) is 6.07 Å². The summed E-state index contributed by atoms with van der Waals surface area (Å²) in [4.78, 5) is 33.9. The highest BCUT2D eigenvalue weighted by atomic mass is 35.5. The molecular weight excluding hydrogens is 500 g/mol. The van der Waals surface area contributed by atoms with Gasteiger partial charge in [-0.3, -0.25) is 4.99 Å². The van der Waals surface area contributed by atoms with E-state index < -0.39 is 34.6 Å². The summed E-state index contributed by atoms with van der Waals surface area (Å²) >= 11 is 7.46. The second-order valence-electron chi connectivity index (χ2n) is 7.19. The van der Waals surface area contributed by atoms with Crippen LogP contribution in [0.25, 0.3) is 5.70 Å². The number of esters is 2. The lowest BCUT2D eigenvalue weighted by Gasteiger charge is -2.28. The quantitative estimate of drug-likeness (QED) is 0.368. The van der Waals surface area contributed by atoms with Crippen molar-refractivity contribution in [3.8, 4) is 0 Å². The second-order valence-corrected chi connectivity index (χ2v) is 8.46. The van der Waals surface area contributed by atoms with Crippen molar-refractivity contribution in [2.75, 3.05) is 13.7 Å². The van der Waals surface area contributed by atoms with Gasteiger partial charge in [-0.1, -0.05) is 29.8 Å². The zero-order chi connectivity index (χ0) is 25.1. The van der Waals surface area contributed by atoms with Gasteiger partial charge in [0.05, 0.1) is 35.6 Å². The number of hydrogen-bond acceptors (Lipinski definition) is 8. The van der Waals surface area contributed by atoms with Gasteiger partial charge in [0.25, 0.3) is 0 Å². The van der Waals surface area contributed by atoms with Crippen LogP contribution in [0.5, 0.6) is 0 Å². The molecule has 0 spiro atoms. The number of halogens is 3. The number of carbonyl (C=O) groups excluding carboxylic acids is 2. The lowest BCUT2D eigenvalue weighted by atomic mass is 9.92. The van der Waals surface area contributed by atoms with E-state index in [1.807, 2.05) is 0 Å². The first-order valence-electron chi connectivity index (χ1n) is 10.3. The number of hydrogen-bond donors (Lipinski definition) is 1. The Hall–Kier alpha value is -3.63. The second kappa shape index (κ2) is 10.3. The van der Waals surface area contributed by atoms with Gasteiger partial charge < -0.3 is 14.8 Å². The molecule has 3 aromatic rings. The van der Waals surface area contributed by atoms with Crippen LogP contribution in [0.3, 0.4) is 0 Å². The van der Waals surface area contributed by atoms with Crippen molar-refractivity contribution in [1.82, 2.24) is 10.3 Å². The highest BCUT2D eigenvalue weighted by Gasteiger charge is 2.35. The predicted octanol–water partition coefficient (Wildman–Crippen LogP) is 4.93. The largest absolute Gasteiger partial charge is 0.465 e. The van der Waals surface area contributed by atoms with Crippen molar-refractivity contribution in [3.05, 3.63) is 91.9 Å². The Morgan fingerprint density at radius 1 is 1.14 bits per heavy atom. The fraction of sp³-hybridized carbons (Fsp3) is 0.167. The van der Waals surface area contributed by atoms with Crippen LogP contribution in [0.15, 0.2) is 58.5 Å². The number of ether oxygens (including phenoxy) is 2. The van der Waals surface area contributed by atoms with Gasteiger partial charge in [-0.2, -0.15) is 0 Å². The number of aliphatic imine (C=N–C) groups is 1. The molecule has 1 N–H and O–H groups in total. The Morgan fingerprint density at radius 2 is 1.89 bits per heavy atom. The molecule has 1 atom stereocenters. The summed E-state index contributed by atoms with van der Waals surface area (Å²) in [5, 5.41) is 4.87.